The molecule has 2 aromatic rings. The topological polar surface area (TPSA) is 64.3 Å². The normalized spacial score (nSPS) is 12.0. The second-order valence-electron chi connectivity index (χ2n) is 5.68. The Balaban J connectivity index is 1.96. The van der Waals surface area contributed by atoms with Crippen molar-refractivity contribution in [1.29, 1.82) is 0 Å². The van der Waals surface area contributed by atoms with Gasteiger partial charge >= 0.3 is 0 Å². The molecule has 0 aliphatic rings. The Bertz CT molecular complexity index is 626. The van der Waals surface area contributed by atoms with E-state index in [9.17, 15) is 4.79 Å². The summed E-state index contributed by atoms with van der Waals surface area (Å²) in [7, 11) is 0. The van der Waals surface area contributed by atoms with Crippen LogP contribution < -0.4 is 15.8 Å². The second-order valence-corrected chi connectivity index (χ2v) is 6.46. The number of carbonyl (C=O) groups excluding carboxylic acids is 1. The van der Waals surface area contributed by atoms with Crippen molar-refractivity contribution in [3.63, 3.8) is 0 Å². The lowest BCUT2D eigenvalue weighted by atomic mass is 10.1. The minimum atomic E-state index is -0.0728. The van der Waals surface area contributed by atoms with E-state index in [1.54, 1.807) is 17.4 Å². The number of hydrogen-bond donors (Lipinski definition) is 2. The van der Waals surface area contributed by atoms with Gasteiger partial charge in [0.2, 0.25) is 0 Å². The molecule has 1 heterocycles. The Morgan fingerprint density at radius 2 is 2.22 bits per heavy atom. The molecular formula is C18H24N2O2S. The molecule has 0 unspecified atom stereocenters. The van der Waals surface area contributed by atoms with E-state index < -0.39 is 0 Å². The fraction of sp³-hybridized carbons (Fsp3) is 0.389. The largest absolute Gasteiger partial charge is 0.493 e. The highest BCUT2D eigenvalue weighted by Gasteiger charge is 2.12. The molecule has 0 fully saturated rings. The lowest BCUT2D eigenvalue weighted by molar-refractivity contribution is 0.0939. The first-order valence-electron chi connectivity index (χ1n) is 7.85. The van der Waals surface area contributed by atoms with Crippen LogP contribution in [0.1, 0.15) is 34.8 Å². The first kappa shape index (κ1) is 17.5. The van der Waals surface area contributed by atoms with E-state index in [4.69, 9.17) is 10.5 Å². The summed E-state index contributed by atoms with van der Waals surface area (Å²) < 4.78 is 5.70. The van der Waals surface area contributed by atoms with Gasteiger partial charge in [-0.25, -0.2) is 0 Å². The number of hydrogen-bond acceptors (Lipinski definition) is 4. The van der Waals surface area contributed by atoms with Gasteiger partial charge in [-0.05, 0) is 73.3 Å². The predicted octanol–water partition coefficient (Wildman–Crippen LogP) is 3.15. The molecule has 1 atom stereocenters. The average molecular weight is 332 g/mol. The standard InChI is InChI=1S/C18H24N2O2S/c1-13-4-5-16(11-17(13)22-8-3-7-19)18(21)20-14(2)10-15-6-9-23-12-15/h4-6,9,11-12,14H,3,7-8,10,19H2,1-2H3,(H,20,21)/t14-/m1/s1. The molecule has 1 amide bonds. The van der Waals surface area contributed by atoms with Gasteiger partial charge in [0.1, 0.15) is 5.75 Å². The van der Waals surface area contributed by atoms with E-state index in [-0.39, 0.29) is 11.9 Å². The van der Waals surface area contributed by atoms with Crippen LogP contribution in [-0.2, 0) is 6.42 Å². The zero-order chi connectivity index (χ0) is 16.7. The van der Waals surface area contributed by atoms with Gasteiger partial charge in [0, 0.05) is 11.6 Å². The molecule has 2 rings (SSSR count). The SMILES string of the molecule is Cc1ccc(C(=O)N[C@H](C)Cc2ccsc2)cc1OCCCN. The maximum atomic E-state index is 12.4. The number of rotatable bonds is 8. The molecule has 0 saturated carbocycles. The Morgan fingerprint density at radius 3 is 2.91 bits per heavy atom. The summed E-state index contributed by atoms with van der Waals surface area (Å²) in [6.45, 7) is 5.15. The number of carbonyl (C=O) groups is 1. The van der Waals surface area contributed by atoms with E-state index in [1.165, 1.54) is 5.56 Å². The molecule has 0 radical (unpaired) electrons. The van der Waals surface area contributed by atoms with Gasteiger partial charge in [-0.2, -0.15) is 11.3 Å². The van der Waals surface area contributed by atoms with E-state index in [0.717, 1.165) is 24.2 Å². The third kappa shape index (κ3) is 5.37. The molecule has 3 N–H and O–H groups in total. The minimum absolute atomic E-state index is 0.0728. The van der Waals surface area contributed by atoms with Crippen LogP contribution in [0, 0.1) is 6.92 Å². The van der Waals surface area contributed by atoms with Crippen molar-refractivity contribution in [3.05, 3.63) is 51.7 Å². The Kier molecular flexibility index (Phi) is 6.62. The summed E-state index contributed by atoms with van der Waals surface area (Å²) in [5.74, 6) is 0.674. The molecular weight excluding hydrogens is 308 g/mol. The zero-order valence-corrected chi connectivity index (χ0v) is 14.5. The van der Waals surface area contributed by atoms with Gasteiger partial charge < -0.3 is 15.8 Å². The average Bonchev–Trinajstić information content (AvgIpc) is 3.02. The first-order chi connectivity index (χ1) is 11.1. The van der Waals surface area contributed by atoms with Crippen molar-refractivity contribution in [1.82, 2.24) is 5.32 Å². The van der Waals surface area contributed by atoms with E-state index in [2.05, 4.69) is 22.1 Å². The fourth-order valence-corrected chi connectivity index (χ4v) is 2.96. The van der Waals surface area contributed by atoms with Crippen molar-refractivity contribution in [2.75, 3.05) is 13.2 Å². The fourth-order valence-electron chi connectivity index (χ4n) is 2.28. The Labute approximate surface area is 141 Å². The first-order valence-corrected chi connectivity index (χ1v) is 8.80. The van der Waals surface area contributed by atoms with Crippen LogP contribution in [0.3, 0.4) is 0 Å². The highest BCUT2D eigenvalue weighted by molar-refractivity contribution is 7.07. The van der Waals surface area contributed by atoms with Crippen LogP contribution in [0.4, 0.5) is 0 Å². The van der Waals surface area contributed by atoms with Crippen LogP contribution in [0.15, 0.2) is 35.0 Å². The third-order valence-corrected chi connectivity index (χ3v) is 4.29. The Morgan fingerprint density at radius 1 is 1.39 bits per heavy atom. The number of amides is 1. The van der Waals surface area contributed by atoms with E-state index in [0.29, 0.717) is 18.7 Å². The molecule has 23 heavy (non-hydrogen) atoms. The van der Waals surface area contributed by atoms with E-state index >= 15 is 0 Å². The van der Waals surface area contributed by atoms with Gasteiger partial charge in [-0.1, -0.05) is 6.07 Å². The Hall–Kier alpha value is -1.85. The molecule has 0 aliphatic carbocycles. The monoisotopic (exact) mass is 332 g/mol. The summed E-state index contributed by atoms with van der Waals surface area (Å²) in [4.78, 5) is 12.4. The molecule has 1 aromatic heterocycles. The minimum Gasteiger partial charge on any atom is -0.493 e. The zero-order valence-electron chi connectivity index (χ0n) is 13.7. The van der Waals surface area contributed by atoms with E-state index in [1.807, 2.05) is 26.0 Å². The lowest BCUT2D eigenvalue weighted by Crippen LogP contribution is -2.34. The van der Waals surface area contributed by atoms with Crippen molar-refractivity contribution < 1.29 is 9.53 Å². The third-order valence-electron chi connectivity index (χ3n) is 3.56. The molecule has 0 spiro atoms. The number of benzene rings is 1. The quantitative estimate of drug-likeness (QED) is 0.730. The van der Waals surface area contributed by atoms with Gasteiger partial charge in [0.25, 0.3) is 5.91 Å². The molecule has 1 aromatic carbocycles. The predicted molar refractivity (Wildman–Crippen MR) is 95.3 cm³/mol. The number of thiophene rings is 1. The number of nitrogens with two attached hydrogens (primary N) is 1. The van der Waals surface area contributed by atoms with Gasteiger partial charge in [-0.15, -0.1) is 0 Å². The molecule has 0 bridgehead atoms. The van der Waals surface area contributed by atoms with Crippen molar-refractivity contribution >= 4 is 17.2 Å². The highest BCUT2D eigenvalue weighted by Crippen LogP contribution is 2.20. The number of aryl methyl sites for hydroxylation is 1. The number of ether oxygens (including phenoxy) is 1. The van der Waals surface area contributed by atoms with Gasteiger partial charge in [-0.3, -0.25) is 4.79 Å². The summed E-state index contributed by atoms with van der Waals surface area (Å²) in [6, 6.07) is 7.72. The van der Waals surface area contributed by atoms with Crippen LogP contribution in [0.5, 0.6) is 5.75 Å². The summed E-state index contributed by atoms with van der Waals surface area (Å²) >= 11 is 1.67. The maximum Gasteiger partial charge on any atom is 0.251 e. The molecule has 0 aliphatic heterocycles. The second kappa shape index (κ2) is 8.70. The van der Waals surface area contributed by atoms with Crippen LogP contribution >= 0.6 is 11.3 Å². The van der Waals surface area contributed by atoms with Crippen LogP contribution in [0.25, 0.3) is 0 Å². The van der Waals surface area contributed by atoms with Gasteiger partial charge in [0.05, 0.1) is 6.61 Å². The van der Waals surface area contributed by atoms with Crippen LogP contribution in [0.2, 0.25) is 0 Å². The number of nitrogens with one attached hydrogen (secondary N) is 1. The smallest absolute Gasteiger partial charge is 0.251 e. The maximum absolute atomic E-state index is 12.4. The molecule has 4 nitrogen and oxygen atoms in total. The summed E-state index contributed by atoms with van der Waals surface area (Å²) in [6.07, 6.45) is 1.63. The van der Waals surface area contributed by atoms with Crippen molar-refractivity contribution in [2.45, 2.75) is 32.7 Å². The van der Waals surface area contributed by atoms with Crippen LogP contribution in [-0.4, -0.2) is 25.1 Å². The highest BCUT2D eigenvalue weighted by atomic mass is 32.1. The van der Waals surface area contributed by atoms with Crippen molar-refractivity contribution in [2.24, 2.45) is 5.73 Å². The van der Waals surface area contributed by atoms with Gasteiger partial charge in [0.15, 0.2) is 0 Å². The summed E-state index contributed by atoms with van der Waals surface area (Å²) in [5.41, 5.74) is 8.36. The van der Waals surface area contributed by atoms with Crippen molar-refractivity contribution in [3.8, 4) is 5.75 Å². The molecule has 5 heteroatoms. The molecule has 124 valence electrons. The molecule has 0 saturated heterocycles. The lowest BCUT2D eigenvalue weighted by Gasteiger charge is -2.15. The summed E-state index contributed by atoms with van der Waals surface area (Å²) in [5, 5.41) is 7.20.